The number of carbonyl (C=O) groups excluding carboxylic acids is 2. The molecule has 0 aliphatic carbocycles. The van der Waals surface area contributed by atoms with Gasteiger partial charge in [-0.05, 0) is 6.42 Å². The number of carbonyl (C=O) groups is 4. The Labute approximate surface area is 126 Å². The molecule has 0 rings (SSSR count). The number of rotatable bonds is 10. The molecule has 5 N–H and O–H groups in total. The molecular formula is C11H17N3O6S. The van der Waals surface area contributed by atoms with E-state index < -0.39 is 42.3 Å². The van der Waals surface area contributed by atoms with Gasteiger partial charge in [-0.2, -0.15) is 12.6 Å². The van der Waals surface area contributed by atoms with Crippen molar-refractivity contribution in [2.75, 3.05) is 12.3 Å². The van der Waals surface area contributed by atoms with Crippen molar-refractivity contribution in [1.82, 2.24) is 10.6 Å². The number of nitrogens with one attached hydrogen (secondary N) is 3. The van der Waals surface area contributed by atoms with Gasteiger partial charge in [-0.15, -0.1) is 0 Å². The molecule has 0 radical (unpaired) electrons. The summed E-state index contributed by atoms with van der Waals surface area (Å²) in [6, 6.07) is -1.01. The number of hydrogen-bond acceptors (Lipinski definition) is 6. The maximum Gasteiger partial charge on any atom is 0.322 e. The van der Waals surface area contributed by atoms with Crippen LogP contribution in [0.4, 0.5) is 0 Å². The normalized spacial score (nSPS) is 12.8. The van der Waals surface area contributed by atoms with Crippen molar-refractivity contribution in [3.8, 4) is 0 Å². The first-order valence-electron chi connectivity index (χ1n) is 5.95. The fraction of sp³-hybridized carbons (Fsp3) is 0.545. The van der Waals surface area contributed by atoms with Crippen molar-refractivity contribution in [3.63, 3.8) is 0 Å². The second kappa shape index (κ2) is 9.75. The van der Waals surface area contributed by atoms with E-state index in [1.54, 1.807) is 0 Å². The molecule has 0 saturated heterocycles. The Morgan fingerprint density at radius 2 is 1.86 bits per heavy atom. The molecule has 0 aromatic rings. The molecule has 0 unspecified atom stereocenters. The molecule has 0 aromatic carbocycles. The van der Waals surface area contributed by atoms with Gasteiger partial charge in [0.2, 0.25) is 11.8 Å². The summed E-state index contributed by atoms with van der Waals surface area (Å²) in [5.74, 6) is -4.80. The summed E-state index contributed by atoms with van der Waals surface area (Å²) in [6.07, 6.45) is 0.481. The van der Waals surface area contributed by atoms with Crippen LogP contribution in [0.1, 0.15) is 12.8 Å². The lowest BCUT2D eigenvalue weighted by Gasteiger charge is -2.16. The second-order valence-electron chi connectivity index (χ2n) is 4.06. The highest BCUT2D eigenvalue weighted by Crippen LogP contribution is 2.04. The summed E-state index contributed by atoms with van der Waals surface area (Å²) in [4.78, 5) is 44.1. The van der Waals surface area contributed by atoms with Gasteiger partial charge in [0.25, 0.3) is 0 Å². The average Bonchev–Trinajstić information content (AvgIpc) is 2.42. The molecule has 9 nitrogen and oxygen atoms in total. The van der Waals surface area contributed by atoms with Crippen LogP contribution in [0.2, 0.25) is 0 Å². The van der Waals surface area contributed by atoms with E-state index in [1.165, 1.54) is 0 Å². The van der Waals surface area contributed by atoms with E-state index in [9.17, 15) is 19.2 Å². The lowest BCUT2D eigenvalue weighted by Crippen LogP contribution is -2.49. The van der Waals surface area contributed by atoms with E-state index in [4.69, 9.17) is 15.6 Å². The monoisotopic (exact) mass is 319 g/mol. The molecule has 0 saturated carbocycles. The predicted octanol–water partition coefficient (Wildman–Crippen LogP) is -1.27. The summed E-state index contributed by atoms with van der Waals surface area (Å²) in [6.45, 7) is -0.576. The van der Waals surface area contributed by atoms with Crippen LogP contribution in [-0.2, 0) is 19.2 Å². The lowest BCUT2D eigenvalue weighted by atomic mass is 10.0. The number of thiol groups is 1. The van der Waals surface area contributed by atoms with Crippen LogP contribution < -0.4 is 10.6 Å². The number of hydrogen-bond donors (Lipinski definition) is 6. The van der Waals surface area contributed by atoms with E-state index in [0.29, 0.717) is 0 Å². The molecule has 0 aliphatic rings. The number of aliphatic carboxylic acids is 2. The molecule has 0 fully saturated rings. The Morgan fingerprint density at radius 3 is 2.29 bits per heavy atom. The van der Waals surface area contributed by atoms with Gasteiger partial charge in [0.1, 0.15) is 12.6 Å². The second-order valence-corrected chi connectivity index (χ2v) is 4.43. The zero-order chi connectivity index (χ0) is 16.4. The SMILES string of the molecule is N=C[C@@H](CCC(=O)N[C@@H](CS)C(=O)NCC(=O)O)C(=O)O. The quantitative estimate of drug-likeness (QED) is 0.218. The molecule has 10 heteroatoms. The van der Waals surface area contributed by atoms with Crippen molar-refractivity contribution in [1.29, 1.82) is 5.41 Å². The van der Waals surface area contributed by atoms with Gasteiger partial charge >= 0.3 is 11.9 Å². The predicted molar refractivity (Wildman–Crippen MR) is 75.6 cm³/mol. The van der Waals surface area contributed by atoms with Gasteiger partial charge in [-0.1, -0.05) is 0 Å². The zero-order valence-electron chi connectivity index (χ0n) is 11.0. The van der Waals surface area contributed by atoms with Crippen LogP contribution in [0.5, 0.6) is 0 Å². The van der Waals surface area contributed by atoms with E-state index in [2.05, 4.69) is 23.3 Å². The van der Waals surface area contributed by atoms with E-state index in [0.717, 1.165) is 6.21 Å². The van der Waals surface area contributed by atoms with E-state index in [1.807, 2.05) is 0 Å². The Hall–Kier alpha value is -2.10. The highest BCUT2D eigenvalue weighted by atomic mass is 32.1. The summed E-state index contributed by atoms with van der Waals surface area (Å²) in [5.41, 5.74) is 0. The number of carboxylic acid groups (broad SMARTS) is 2. The molecule has 2 atom stereocenters. The number of amides is 2. The van der Waals surface area contributed by atoms with Gasteiger partial charge in [-0.3, -0.25) is 19.2 Å². The summed E-state index contributed by atoms with van der Waals surface area (Å²) in [7, 11) is 0. The Bertz CT molecular complexity index is 428. The summed E-state index contributed by atoms with van der Waals surface area (Å²) in [5, 5.41) is 28.5. The molecule has 21 heavy (non-hydrogen) atoms. The van der Waals surface area contributed by atoms with Crippen molar-refractivity contribution < 1.29 is 29.4 Å². The molecule has 0 aromatic heterocycles. The van der Waals surface area contributed by atoms with Gasteiger partial charge in [0.05, 0.1) is 5.92 Å². The largest absolute Gasteiger partial charge is 0.481 e. The van der Waals surface area contributed by atoms with Crippen LogP contribution in [0.15, 0.2) is 0 Å². The van der Waals surface area contributed by atoms with Crippen molar-refractivity contribution in [2.45, 2.75) is 18.9 Å². The van der Waals surface area contributed by atoms with Crippen molar-refractivity contribution >= 4 is 42.6 Å². The maximum atomic E-state index is 11.6. The van der Waals surface area contributed by atoms with Gasteiger partial charge in [-0.25, -0.2) is 0 Å². The minimum Gasteiger partial charge on any atom is -0.481 e. The molecule has 118 valence electrons. The van der Waals surface area contributed by atoms with Gasteiger partial charge in [0, 0.05) is 18.4 Å². The first-order chi connectivity index (χ1) is 9.81. The minimum absolute atomic E-state index is 0.0376. The van der Waals surface area contributed by atoms with Gasteiger partial charge < -0.3 is 26.3 Å². The van der Waals surface area contributed by atoms with E-state index >= 15 is 0 Å². The van der Waals surface area contributed by atoms with E-state index in [-0.39, 0.29) is 18.6 Å². The molecule has 0 bridgehead atoms. The summed E-state index contributed by atoms with van der Waals surface area (Å²) >= 11 is 3.88. The molecule has 0 spiro atoms. The highest BCUT2D eigenvalue weighted by molar-refractivity contribution is 7.80. The van der Waals surface area contributed by atoms with Crippen LogP contribution >= 0.6 is 12.6 Å². The first-order valence-corrected chi connectivity index (χ1v) is 6.58. The molecular weight excluding hydrogens is 302 g/mol. The maximum absolute atomic E-state index is 11.6. The molecule has 0 aliphatic heterocycles. The minimum atomic E-state index is -1.22. The average molecular weight is 319 g/mol. The zero-order valence-corrected chi connectivity index (χ0v) is 11.9. The smallest absolute Gasteiger partial charge is 0.322 e. The fourth-order valence-electron chi connectivity index (χ4n) is 1.31. The third-order valence-electron chi connectivity index (χ3n) is 2.45. The molecule has 2 amide bonds. The fourth-order valence-corrected chi connectivity index (χ4v) is 1.57. The van der Waals surface area contributed by atoms with Gasteiger partial charge in [0.15, 0.2) is 0 Å². The number of carboxylic acids is 2. The summed E-state index contributed by atoms with van der Waals surface area (Å²) < 4.78 is 0. The van der Waals surface area contributed by atoms with Crippen LogP contribution in [0.3, 0.4) is 0 Å². The standard InChI is InChI=1S/C11H17N3O6S/c12-3-6(11(19)20)1-2-8(15)14-7(5-21)10(18)13-4-9(16)17/h3,6-7,12,21H,1-2,4-5H2,(H,13,18)(H,14,15)(H,16,17)(H,19,20)/t6-,7+/m1/s1. The Kier molecular flexibility index (Phi) is 8.77. The first kappa shape index (κ1) is 18.9. The van der Waals surface area contributed by atoms with Crippen LogP contribution in [0, 0.1) is 11.3 Å². The lowest BCUT2D eigenvalue weighted by molar-refractivity contribution is -0.139. The van der Waals surface area contributed by atoms with Crippen LogP contribution in [-0.4, -0.2) is 58.5 Å². The van der Waals surface area contributed by atoms with Crippen molar-refractivity contribution in [3.05, 3.63) is 0 Å². The molecule has 0 heterocycles. The van der Waals surface area contributed by atoms with Crippen molar-refractivity contribution in [2.24, 2.45) is 5.92 Å². The third-order valence-corrected chi connectivity index (χ3v) is 2.81. The third kappa shape index (κ3) is 7.92. The Balaban J connectivity index is 4.32. The topological polar surface area (TPSA) is 157 Å². The highest BCUT2D eigenvalue weighted by Gasteiger charge is 2.21. The Morgan fingerprint density at radius 1 is 1.24 bits per heavy atom. The van der Waals surface area contributed by atoms with Crippen LogP contribution in [0.25, 0.3) is 0 Å².